The Kier molecular flexibility index (Phi) is 13.7. The highest BCUT2D eigenvalue weighted by Crippen LogP contribution is 2.62. The molecule has 15 nitrogen and oxygen atoms in total. The molecule has 2 aliphatic heterocycles. The summed E-state index contributed by atoms with van der Waals surface area (Å²) in [6.07, 6.45) is 7.72. The van der Waals surface area contributed by atoms with Crippen LogP contribution in [0.15, 0.2) is 84.1 Å². The van der Waals surface area contributed by atoms with E-state index >= 15 is 0 Å². The third-order valence-corrected chi connectivity index (χ3v) is 12.1. The number of carbonyl (C=O) groups excluding carboxylic acids is 2. The first-order valence-electron chi connectivity index (χ1n) is 20.7. The van der Waals surface area contributed by atoms with Crippen LogP contribution in [0.25, 0.3) is 0 Å². The highest BCUT2D eigenvalue weighted by molar-refractivity contribution is 6.03. The SMILES string of the molecule is C=CCOC12Oc3ccc(OC(=O)Nc4ccc(OC)cc4OC)cc3C3C(CCCCO)C(CCCCO)C=C(C(=NOC)CC1N(C)C(=O)c1ccc4c(c1)OCO4)C32. The maximum atomic E-state index is 14.6. The van der Waals surface area contributed by atoms with Crippen LogP contribution in [0.1, 0.15) is 66.8 Å². The van der Waals surface area contributed by atoms with Gasteiger partial charge in [0.1, 0.15) is 36.1 Å². The number of aliphatic hydroxyl groups is 2. The van der Waals surface area contributed by atoms with Gasteiger partial charge in [-0.1, -0.05) is 30.1 Å². The molecule has 4 aliphatic rings. The Morgan fingerprint density at radius 3 is 2.43 bits per heavy atom. The molecule has 61 heavy (non-hydrogen) atoms. The number of allylic oxidation sites excluding steroid dienone is 1. The van der Waals surface area contributed by atoms with Crippen molar-refractivity contribution in [2.24, 2.45) is 22.9 Å². The standard InChI is InChI=1S/C46H55N3O12/c1-6-21-59-46-41(49(2)44(52)29-13-17-38-40(23-29)58-27-57-38)26-36(48-56-5)33-22-28(11-7-9-19-50)32(12-8-10-20-51)42(43(33)46)34-24-31(15-18-37(34)61-46)60-45(53)47-35-16-14-30(54-3)25-39(35)55-4/h6,13-18,22-25,28,32,41-43,50-51H,1,7-12,19-21,26-27H2,2-5H3,(H,47,53). The number of methoxy groups -OCH3 is 2. The summed E-state index contributed by atoms with van der Waals surface area (Å²) in [5.41, 5.74) is 3.12. The number of oxime groups is 1. The van der Waals surface area contributed by atoms with Gasteiger partial charge in [-0.2, -0.15) is 0 Å². The van der Waals surface area contributed by atoms with Gasteiger partial charge in [0.25, 0.3) is 5.91 Å². The smallest absolute Gasteiger partial charge is 0.417 e. The Labute approximate surface area is 355 Å². The Morgan fingerprint density at radius 2 is 1.69 bits per heavy atom. The molecule has 7 rings (SSSR count). The molecule has 1 fully saturated rings. The first-order chi connectivity index (χ1) is 29.7. The van der Waals surface area contributed by atoms with Gasteiger partial charge in [0.2, 0.25) is 12.6 Å². The minimum Gasteiger partial charge on any atom is -0.497 e. The van der Waals surface area contributed by atoms with Gasteiger partial charge < -0.3 is 53.1 Å². The number of anilines is 1. The third kappa shape index (κ3) is 8.72. The van der Waals surface area contributed by atoms with E-state index in [0.717, 1.165) is 36.8 Å². The minimum atomic E-state index is -1.46. The lowest BCUT2D eigenvalue weighted by Gasteiger charge is -2.59. The maximum Gasteiger partial charge on any atom is 0.417 e. The second kappa shape index (κ2) is 19.3. The van der Waals surface area contributed by atoms with Gasteiger partial charge in [0.05, 0.1) is 38.1 Å². The molecule has 0 spiro atoms. The average molecular weight is 842 g/mol. The van der Waals surface area contributed by atoms with Crippen LogP contribution in [0.4, 0.5) is 10.5 Å². The van der Waals surface area contributed by atoms with E-state index < -0.39 is 23.8 Å². The molecule has 2 heterocycles. The summed E-state index contributed by atoms with van der Waals surface area (Å²) in [5.74, 6) is 0.177. The third-order valence-electron chi connectivity index (χ3n) is 12.1. The van der Waals surface area contributed by atoms with E-state index in [1.807, 2.05) is 6.07 Å². The molecule has 6 atom stereocenters. The zero-order valence-electron chi connectivity index (χ0n) is 35.1. The molecule has 2 aliphatic carbocycles. The van der Waals surface area contributed by atoms with Gasteiger partial charge >= 0.3 is 6.09 Å². The largest absolute Gasteiger partial charge is 0.497 e. The lowest BCUT2D eigenvalue weighted by molar-refractivity contribution is -0.252. The van der Waals surface area contributed by atoms with E-state index in [1.54, 1.807) is 73.7 Å². The number of unbranched alkanes of at least 4 members (excludes halogenated alkanes) is 2. The predicted octanol–water partition coefficient (Wildman–Crippen LogP) is 7.08. The fraction of sp³-hybridized carbons (Fsp3) is 0.457. The van der Waals surface area contributed by atoms with E-state index in [4.69, 9.17) is 38.0 Å². The highest BCUT2D eigenvalue weighted by atomic mass is 16.7. The first kappa shape index (κ1) is 43.3. The molecule has 0 bridgehead atoms. The quantitative estimate of drug-likeness (QED) is 0.0676. The van der Waals surface area contributed by atoms with Gasteiger partial charge in [-0.05, 0) is 91.6 Å². The van der Waals surface area contributed by atoms with Crippen molar-refractivity contribution in [3.8, 4) is 34.5 Å². The summed E-state index contributed by atoms with van der Waals surface area (Å²) < 4.78 is 42.0. The molecule has 3 N–H and O–H groups in total. The number of benzene rings is 3. The molecule has 15 heteroatoms. The van der Waals surface area contributed by atoms with Crippen LogP contribution in [-0.4, -0.2) is 99.6 Å². The number of fused-ring (bicyclic) bond motifs is 3. The van der Waals surface area contributed by atoms with Crippen molar-refractivity contribution in [3.05, 3.63) is 90.0 Å². The summed E-state index contributed by atoms with van der Waals surface area (Å²) in [7, 11) is 6.27. The second-order valence-electron chi connectivity index (χ2n) is 15.5. The number of amides is 2. The zero-order chi connectivity index (χ0) is 43.1. The first-order valence-corrected chi connectivity index (χ1v) is 20.7. The van der Waals surface area contributed by atoms with Crippen molar-refractivity contribution < 1.29 is 57.8 Å². The van der Waals surface area contributed by atoms with Crippen LogP contribution < -0.4 is 33.7 Å². The summed E-state index contributed by atoms with van der Waals surface area (Å²) >= 11 is 0. The van der Waals surface area contributed by atoms with E-state index in [9.17, 15) is 19.8 Å². The highest BCUT2D eigenvalue weighted by Gasteiger charge is 2.65. The molecule has 2 amide bonds. The predicted molar refractivity (Wildman–Crippen MR) is 226 cm³/mol. The number of rotatable bonds is 18. The Morgan fingerprint density at radius 1 is 0.934 bits per heavy atom. The zero-order valence-corrected chi connectivity index (χ0v) is 35.1. The monoisotopic (exact) mass is 841 g/mol. The van der Waals surface area contributed by atoms with Gasteiger partial charge in [-0.15, -0.1) is 6.58 Å². The van der Waals surface area contributed by atoms with Gasteiger partial charge in [-0.3, -0.25) is 10.1 Å². The van der Waals surface area contributed by atoms with Crippen molar-refractivity contribution in [2.75, 3.05) is 60.3 Å². The van der Waals surface area contributed by atoms with Crippen molar-refractivity contribution in [1.29, 1.82) is 0 Å². The van der Waals surface area contributed by atoms with E-state index in [2.05, 4.69) is 23.1 Å². The molecular formula is C46H55N3O12. The molecule has 0 radical (unpaired) electrons. The summed E-state index contributed by atoms with van der Waals surface area (Å²) in [6, 6.07) is 14.7. The molecule has 6 unspecified atom stereocenters. The van der Waals surface area contributed by atoms with Gasteiger partial charge in [-0.25, -0.2) is 4.79 Å². The Balaban J connectivity index is 1.35. The van der Waals surface area contributed by atoms with Crippen LogP contribution in [-0.2, 0) is 9.57 Å². The maximum absolute atomic E-state index is 14.6. The second-order valence-corrected chi connectivity index (χ2v) is 15.5. The molecule has 3 aromatic carbocycles. The van der Waals surface area contributed by atoms with Crippen LogP contribution in [0.5, 0.6) is 34.5 Å². The van der Waals surface area contributed by atoms with E-state index in [0.29, 0.717) is 58.6 Å². The number of likely N-dealkylation sites (N-methyl/N-ethyl adjacent to an activating group) is 1. The number of nitrogens with one attached hydrogen (secondary N) is 1. The molecule has 326 valence electrons. The van der Waals surface area contributed by atoms with Crippen molar-refractivity contribution in [2.45, 2.75) is 62.7 Å². The lowest BCUT2D eigenvalue weighted by atomic mass is 9.55. The minimum absolute atomic E-state index is 0.0200. The normalized spacial score (nSPS) is 23.7. The van der Waals surface area contributed by atoms with Crippen molar-refractivity contribution >= 4 is 23.4 Å². The average Bonchev–Trinajstić information content (AvgIpc) is 3.75. The number of ether oxygens (including phenoxy) is 7. The van der Waals surface area contributed by atoms with Crippen LogP contribution in [0, 0.1) is 17.8 Å². The van der Waals surface area contributed by atoms with E-state index in [1.165, 1.54) is 14.2 Å². The van der Waals surface area contributed by atoms with Gasteiger partial charge in [0.15, 0.2) is 11.5 Å². The van der Waals surface area contributed by atoms with Gasteiger partial charge in [0, 0.05) is 49.8 Å². The summed E-state index contributed by atoms with van der Waals surface area (Å²) in [5, 5.41) is 27.1. The summed E-state index contributed by atoms with van der Waals surface area (Å²) in [6.45, 7) is 4.28. The van der Waals surface area contributed by atoms with Crippen LogP contribution in [0.2, 0.25) is 0 Å². The topological polar surface area (TPSA) is 176 Å². The molecule has 0 aromatic heterocycles. The fourth-order valence-electron chi connectivity index (χ4n) is 9.42. The number of hydrogen-bond donors (Lipinski definition) is 3. The van der Waals surface area contributed by atoms with E-state index in [-0.39, 0.29) is 62.4 Å². The molecule has 1 saturated carbocycles. The Bertz CT molecular complexity index is 2140. The molecule has 0 saturated heterocycles. The lowest BCUT2D eigenvalue weighted by Crippen LogP contribution is -2.69. The molecular weight excluding hydrogens is 787 g/mol. The number of aliphatic hydroxyl groups excluding tert-OH is 2. The van der Waals surface area contributed by atoms with Crippen molar-refractivity contribution in [1.82, 2.24) is 4.90 Å². The van der Waals surface area contributed by atoms with Crippen LogP contribution >= 0.6 is 0 Å². The Hall–Kier alpha value is -5.77. The fourth-order valence-corrected chi connectivity index (χ4v) is 9.42. The van der Waals surface area contributed by atoms with Crippen molar-refractivity contribution in [3.63, 3.8) is 0 Å². The summed E-state index contributed by atoms with van der Waals surface area (Å²) in [4.78, 5) is 35.2. The number of hydrogen-bond acceptors (Lipinski definition) is 13. The number of carbonyl (C=O) groups is 2. The number of nitrogens with zero attached hydrogens (tertiary/aromatic N) is 2. The molecule has 3 aromatic rings. The van der Waals surface area contributed by atoms with Crippen LogP contribution in [0.3, 0.4) is 0 Å².